The molecule has 2 fully saturated rings. The van der Waals surface area contributed by atoms with Crippen LogP contribution in [0.3, 0.4) is 0 Å². The van der Waals surface area contributed by atoms with Crippen molar-refractivity contribution < 1.29 is 4.79 Å². The van der Waals surface area contributed by atoms with Crippen LogP contribution >= 0.6 is 46.4 Å². The van der Waals surface area contributed by atoms with Crippen LogP contribution < -0.4 is 0 Å². The third-order valence-corrected chi connectivity index (χ3v) is 7.67. The maximum absolute atomic E-state index is 13.1. The molecular weight excluding hydrogens is 410 g/mol. The van der Waals surface area contributed by atoms with Gasteiger partial charge < -0.3 is 0 Å². The summed E-state index contributed by atoms with van der Waals surface area (Å²) in [5.74, 6) is 0.157. The van der Waals surface area contributed by atoms with Gasteiger partial charge in [0.1, 0.15) is 9.75 Å². The first-order chi connectivity index (χ1) is 12.3. The second-order valence-corrected chi connectivity index (χ2v) is 9.61. The number of rotatable bonds is 6. The van der Waals surface area contributed by atoms with Crippen LogP contribution in [-0.4, -0.2) is 15.5 Å². The summed E-state index contributed by atoms with van der Waals surface area (Å²) in [5, 5.41) is 1.43. The molecule has 2 aromatic rings. The maximum atomic E-state index is 13.1. The Morgan fingerprint density at radius 3 is 1.58 bits per heavy atom. The van der Waals surface area contributed by atoms with E-state index >= 15 is 0 Å². The van der Waals surface area contributed by atoms with E-state index < -0.39 is 9.75 Å². The van der Waals surface area contributed by atoms with Gasteiger partial charge in [-0.1, -0.05) is 59.6 Å². The van der Waals surface area contributed by atoms with E-state index in [2.05, 4.69) is 0 Å². The number of hydrogen-bond donors (Lipinski definition) is 0. The van der Waals surface area contributed by atoms with Gasteiger partial charge in [-0.25, -0.2) is 0 Å². The van der Waals surface area contributed by atoms with Crippen molar-refractivity contribution in [1.29, 1.82) is 0 Å². The predicted molar refractivity (Wildman–Crippen MR) is 109 cm³/mol. The molecule has 4 rings (SSSR count). The Morgan fingerprint density at radius 1 is 0.808 bits per heavy atom. The first kappa shape index (κ1) is 18.6. The minimum absolute atomic E-state index is 0.0255. The quantitative estimate of drug-likeness (QED) is 0.491. The number of halogens is 4. The topological polar surface area (TPSA) is 17.1 Å². The summed E-state index contributed by atoms with van der Waals surface area (Å²) in [6.07, 6.45) is 2.73. The Bertz CT molecular complexity index is 797. The highest BCUT2D eigenvalue weighted by Gasteiger charge is 2.69. The fourth-order valence-corrected chi connectivity index (χ4v) is 5.17. The summed E-state index contributed by atoms with van der Waals surface area (Å²) in [5.41, 5.74) is 2.06. The number of carbonyl (C=O) groups is 1. The van der Waals surface area contributed by atoms with Crippen molar-refractivity contribution in [2.75, 3.05) is 0 Å². The van der Waals surface area contributed by atoms with E-state index in [1.54, 1.807) is 0 Å². The lowest BCUT2D eigenvalue weighted by molar-refractivity contribution is -0.120. The van der Waals surface area contributed by atoms with Crippen molar-refractivity contribution in [2.45, 2.75) is 35.4 Å². The zero-order valence-corrected chi connectivity index (χ0v) is 17.0. The van der Waals surface area contributed by atoms with E-state index in [1.807, 2.05) is 48.5 Å². The molecule has 5 heteroatoms. The van der Waals surface area contributed by atoms with Gasteiger partial charge in [0.25, 0.3) is 0 Å². The molecule has 0 aromatic heterocycles. The fourth-order valence-electron chi connectivity index (χ4n) is 3.83. The van der Waals surface area contributed by atoms with Gasteiger partial charge >= 0.3 is 0 Å². The zero-order valence-electron chi connectivity index (χ0n) is 14.0. The molecule has 4 unspecified atom stereocenters. The average molecular weight is 428 g/mol. The first-order valence-electron chi connectivity index (χ1n) is 8.74. The maximum Gasteiger partial charge on any atom is 0.175 e. The van der Waals surface area contributed by atoms with Gasteiger partial charge in [0, 0.05) is 10.0 Å². The van der Waals surface area contributed by atoms with Crippen LogP contribution in [0.1, 0.15) is 24.0 Å². The van der Waals surface area contributed by atoms with Gasteiger partial charge in [0.15, 0.2) is 5.78 Å². The molecule has 26 heavy (non-hydrogen) atoms. The second kappa shape index (κ2) is 6.71. The van der Waals surface area contributed by atoms with E-state index in [0.717, 1.165) is 21.2 Å². The summed E-state index contributed by atoms with van der Waals surface area (Å²) in [6.45, 7) is 0. The molecule has 0 spiro atoms. The predicted octanol–water partition coefficient (Wildman–Crippen LogP) is 6.34. The number of Topliss-reactive ketones (excluding diaryl/α,β-unsaturated/α-hetero) is 1. The third kappa shape index (κ3) is 3.29. The lowest BCUT2D eigenvalue weighted by atomic mass is 10.0. The van der Waals surface area contributed by atoms with E-state index in [0.29, 0.717) is 25.7 Å². The number of ketones is 1. The minimum Gasteiger partial charge on any atom is -0.296 e. The Hall–Kier alpha value is -0.730. The van der Waals surface area contributed by atoms with Crippen molar-refractivity contribution in [1.82, 2.24) is 0 Å². The van der Waals surface area contributed by atoms with Crippen molar-refractivity contribution in [3.8, 4) is 0 Å². The van der Waals surface area contributed by atoms with Gasteiger partial charge in [0.2, 0.25) is 0 Å². The van der Waals surface area contributed by atoms with Crippen molar-refractivity contribution >= 4 is 52.2 Å². The highest BCUT2D eigenvalue weighted by molar-refractivity contribution is 6.48. The molecule has 4 atom stereocenters. The van der Waals surface area contributed by atoms with Crippen LogP contribution in [0.2, 0.25) is 10.0 Å². The molecule has 0 N–H and O–H groups in total. The number of carbonyl (C=O) groups excluding carboxylic acids is 1. The number of benzene rings is 2. The van der Waals surface area contributed by atoms with Gasteiger partial charge in [-0.05, 0) is 60.8 Å². The Labute approximate surface area is 173 Å². The second-order valence-electron chi connectivity index (χ2n) is 7.45. The van der Waals surface area contributed by atoms with E-state index in [9.17, 15) is 4.79 Å². The van der Waals surface area contributed by atoms with E-state index in [4.69, 9.17) is 46.4 Å². The van der Waals surface area contributed by atoms with Crippen molar-refractivity contribution in [3.05, 3.63) is 69.7 Å². The average Bonchev–Trinajstić information content (AvgIpc) is 3.48. The number of alkyl halides is 2. The molecule has 136 valence electrons. The first-order valence-corrected chi connectivity index (χ1v) is 10.3. The highest BCUT2D eigenvalue weighted by Crippen LogP contribution is 2.62. The van der Waals surface area contributed by atoms with Crippen LogP contribution in [0.15, 0.2) is 48.5 Å². The van der Waals surface area contributed by atoms with Crippen LogP contribution in [-0.2, 0) is 17.6 Å². The summed E-state index contributed by atoms with van der Waals surface area (Å²) < 4.78 is 0. The fraction of sp³-hybridized carbons (Fsp3) is 0.381. The molecule has 0 bridgehead atoms. The van der Waals surface area contributed by atoms with Crippen LogP contribution in [0.4, 0.5) is 0 Å². The normalized spacial score (nSPS) is 32.3. The molecule has 2 aromatic carbocycles. The summed E-state index contributed by atoms with van der Waals surface area (Å²) in [7, 11) is 0. The van der Waals surface area contributed by atoms with Crippen LogP contribution in [0.25, 0.3) is 0 Å². The molecule has 2 aliphatic carbocycles. The largest absolute Gasteiger partial charge is 0.296 e. The van der Waals surface area contributed by atoms with Gasteiger partial charge in [-0.2, -0.15) is 0 Å². The summed E-state index contributed by atoms with van der Waals surface area (Å²) >= 11 is 25.8. The lowest BCUT2D eigenvalue weighted by Gasteiger charge is -2.15. The third-order valence-electron chi connectivity index (χ3n) is 5.66. The van der Waals surface area contributed by atoms with Crippen LogP contribution in [0.5, 0.6) is 0 Å². The molecule has 1 nitrogen and oxygen atoms in total. The van der Waals surface area contributed by atoms with Gasteiger partial charge in [-0.15, -0.1) is 23.2 Å². The molecular formula is C21H18Cl4O. The Morgan fingerprint density at radius 2 is 1.19 bits per heavy atom. The summed E-state index contributed by atoms with van der Waals surface area (Å²) in [6, 6.07) is 15.4. The Balaban J connectivity index is 1.42. The van der Waals surface area contributed by atoms with E-state index in [-0.39, 0.29) is 17.6 Å². The Kier molecular flexibility index (Phi) is 4.80. The minimum atomic E-state index is -0.851. The molecule has 2 saturated carbocycles. The SMILES string of the molecule is O=C(C1(Cl)CC1Cc1ccccc1Cl)C1(Cl)CC1Cc1ccccc1Cl. The summed E-state index contributed by atoms with van der Waals surface area (Å²) in [4.78, 5) is 11.4. The van der Waals surface area contributed by atoms with Crippen molar-refractivity contribution in [2.24, 2.45) is 11.8 Å². The molecule has 0 amide bonds. The highest BCUT2D eigenvalue weighted by atomic mass is 35.5. The lowest BCUT2D eigenvalue weighted by Crippen LogP contribution is -2.32. The molecule has 0 radical (unpaired) electrons. The molecule has 0 aliphatic heterocycles. The monoisotopic (exact) mass is 426 g/mol. The van der Waals surface area contributed by atoms with E-state index in [1.165, 1.54) is 0 Å². The van der Waals surface area contributed by atoms with Gasteiger partial charge in [-0.3, -0.25) is 4.79 Å². The molecule has 0 heterocycles. The number of hydrogen-bond acceptors (Lipinski definition) is 1. The molecule has 2 aliphatic rings. The molecule has 0 saturated heterocycles. The van der Waals surface area contributed by atoms with Crippen LogP contribution in [0, 0.1) is 11.8 Å². The standard InChI is InChI=1S/C21H18Cl4O/c22-17-7-3-1-5-13(17)9-15-11-20(15,24)19(26)21(25)12-16(21)10-14-6-2-4-8-18(14)23/h1-8,15-16H,9-12H2. The zero-order chi connectivity index (χ0) is 18.5. The van der Waals surface area contributed by atoms with Crippen molar-refractivity contribution in [3.63, 3.8) is 0 Å². The smallest absolute Gasteiger partial charge is 0.175 e. The van der Waals surface area contributed by atoms with Gasteiger partial charge in [0.05, 0.1) is 0 Å².